The maximum atomic E-state index is 5.35. The number of hydrogen-bond donors (Lipinski definition) is 2. The molecule has 0 unspecified atom stereocenters. The van der Waals surface area contributed by atoms with E-state index in [1.807, 2.05) is 24.4 Å². The molecule has 0 fully saturated rings. The standard InChI is InChI=1S/C12H12N2O2S/c17-4-3-12-13-6-9(14-12)8-1-2-10-11(5-8)16-7-15-10/h1-2,5-6,17H,3-4,7H2,(H,13,14). The van der Waals surface area contributed by atoms with E-state index in [0.717, 1.165) is 40.8 Å². The molecule has 3 rings (SSSR count). The van der Waals surface area contributed by atoms with Crippen LogP contribution in [0.15, 0.2) is 24.4 Å². The lowest BCUT2D eigenvalue weighted by molar-refractivity contribution is 0.174. The minimum atomic E-state index is 0.298. The van der Waals surface area contributed by atoms with Gasteiger partial charge in [0.05, 0.1) is 11.9 Å². The Morgan fingerprint density at radius 3 is 3.06 bits per heavy atom. The molecule has 0 radical (unpaired) electrons. The molecule has 1 aliphatic heterocycles. The first-order chi connectivity index (χ1) is 8.36. The fourth-order valence-corrected chi connectivity index (χ4v) is 2.02. The summed E-state index contributed by atoms with van der Waals surface area (Å²) in [6, 6.07) is 5.86. The summed E-state index contributed by atoms with van der Waals surface area (Å²) in [5.41, 5.74) is 2.03. The zero-order valence-electron chi connectivity index (χ0n) is 9.14. The van der Waals surface area contributed by atoms with E-state index in [2.05, 4.69) is 22.6 Å². The van der Waals surface area contributed by atoms with E-state index in [0.29, 0.717) is 6.79 Å². The highest BCUT2D eigenvalue weighted by Crippen LogP contribution is 2.35. The Bertz CT molecular complexity index is 539. The Kier molecular flexibility index (Phi) is 2.68. The van der Waals surface area contributed by atoms with Gasteiger partial charge in [0, 0.05) is 12.0 Å². The van der Waals surface area contributed by atoms with Gasteiger partial charge in [-0.1, -0.05) is 0 Å². The molecule has 1 N–H and O–H groups in total. The summed E-state index contributed by atoms with van der Waals surface area (Å²) in [5.74, 6) is 3.32. The Balaban J connectivity index is 1.92. The molecule has 0 atom stereocenters. The number of H-pyrrole nitrogens is 1. The quantitative estimate of drug-likeness (QED) is 0.819. The summed E-state index contributed by atoms with van der Waals surface area (Å²) in [4.78, 5) is 7.56. The van der Waals surface area contributed by atoms with Crippen LogP contribution in [-0.4, -0.2) is 22.5 Å². The molecule has 0 saturated carbocycles. The number of rotatable bonds is 3. The van der Waals surface area contributed by atoms with Gasteiger partial charge in [-0.25, -0.2) is 4.98 Å². The first-order valence-electron chi connectivity index (χ1n) is 5.41. The van der Waals surface area contributed by atoms with Crippen molar-refractivity contribution in [3.8, 4) is 22.8 Å². The number of fused-ring (bicyclic) bond motifs is 1. The van der Waals surface area contributed by atoms with Gasteiger partial charge in [0.1, 0.15) is 5.82 Å². The predicted octanol–water partition coefficient (Wildman–Crippen LogP) is 2.28. The average molecular weight is 248 g/mol. The molecule has 0 spiro atoms. The summed E-state index contributed by atoms with van der Waals surface area (Å²) >= 11 is 4.19. The SMILES string of the molecule is SCCc1ncc(-c2ccc3c(c2)OCO3)[nH]1. The van der Waals surface area contributed by atoms with E-state index in [-0.39, 0.29) is 0 Å². The first-order valence-corrected chi connectivity index (χ1v) is 6.05. The summed E-state index contributed by atoms with van der Waals surface area (Å²) in [7, 11) is 0. The maximum Gasteiger partial charge on any atom is 0.231 e. The molecule has 88 valence electrons. The van der Waals surface area contributed by atoms with Gasteiger partial charge in [0.15, 0.2) is 11.5 Å². The first kappa shape index (κ1) is 10.5. The molecular weight excluding hydrogens is 236 g/mol. The number of benzene rings is 1. The summed E-state index contributed by atoms with van der Waals surface area (Å²) in [6.07, 6.45) is 2.67. The number of aromatic amines is 1. The van der Waals surface area contributed by atoms with Crippen molar-refractivity contribution in [3.05, 3.63) is 30.2 Å². The van der Waals surface area contributed by atoms with Crippen LogP contribution < -0.4 is 9.47 Å². The number of aryl methyl sites for hydroxylation is 1. The third-order valence-electron chi connectivity index (χ3n) is 2.66. The lowest BCUT2D eigenvalue weighted by atomic mass is 10.1. The minimum absolute atomic E-state index is 0.298. The number of hydrogen-bond acceptors (Lipinski definition) is 4. The van der Waals surface area contributed by atoms with Crippen molar-refractivity contribution in [2.24, 2.45) is 0 Å². The van der Waals surface area contributed by atoms with Crippen molar-refractivity contribution >= 4 is 12.6 Å². The molecule has 2 heterocycles. The summed E-state index contributed by atoms with van der Waals surface area (Å²) < 4.78 is 10.6. The molecule has 4 nitrogen and oxygen atoms in total. The lowest BCUT2D eigenvalue weighted by Gasteiger charge is -2.00. The van der Waals surface area contributed by atoms with E-state index in [4.69, 9.17) is 9.47 Å². The Hall–Kier alpha value is -1.62. The second-order valence-electron chi connectivity index (χ2n) is 3.79. The molecular formula is C12H12N2O2S. The highest BCUT2D eigenvalue weighted by molar-refractivity contribution is 7.80. The second kappa shape index (κ2) is 4.33. The van der Waals surface area contributed by atoms with Crippen LogP contribution in [0, 0.1) is 0 Å². The fourth-order valence-electron chi connectivity index (χ4n) is 1.81. The Morgan fingerprint density at radius 2 is 2.18 bits per heavy atom. The number of imidazole rings is 1. The molecule has 1 aromatic heterocycles. The van der Waals surface area contributed by atoms with Crippen LogP contribution >= 0.6 is 12.6 Å². The largest absolute Gasteiger partial charge is 0.454 e. The number of thiol groups is 1. The number of ether oxygens (including phenoxy) is 2. The van der Waals surface area contributed by atoms with E-state index in [1.54, 1.807) is 0 Å². The Labute approximate surface area is 104 Å². The fraction of sp³-hybridized carbons (Fsp3) is 0.250. The molecule has 0 bridgehead atoms. The molecule has 0 aliphatic carbocycles. The molecule has 5 heteroatoms. The highest BCUT2D eigenvalue weighted by atomic mass is 32.1. The second-order valence-corrected chi connectivity index (χ2v) is 4.23. The van der Waals surface area contributed by atoms with Gasteiger partial charge in [0.2, 0.25) is 6.79 Å². The van der Waals surface area contributed by atoms with Gasteiger partial charge in [-0.15, -0.1) is 0 Å². The molecule has 1 aliphatic rings. The van der Waals surface area contributed by atoms with Crippen LogP contribution in [-0.2, 0) is 6.42 Å². The van der Waals surface area contributed by atoms with E-state index in [1.165, 1.54) is 0 Å². The van der Waals surface area contributed by atoms with E-state index < -0.39 is 0 Å². The van der Waals surface area contributed by atoms with Crippen LogP contribution in [0.1, 0.15) is 5.82 Å². The van der Waals surface area contributed by atoms with E-state index >= 15 is 0 Å². The average Bonchev–Trinajstić information content (AvgIpc) is 2.96. The van der Waals surface area contributed by atoms with Crippen LogP contribution in [0.25, 0.3) is 11.3 Å². The topological polar surface area (TPSA) is 47.1 Å². The van der Waals surface area contributed by atoms with Crippen LogP contribution in [0.2, 0.25) is 0 Å². The third-order valence-corrected chi connectivity index (χ3v) is 2.88. The van der Waals surface area contributed by atoms with Crippen molar-refractivity contribution in [2.45, 2.75) is 6.42 Å². The monoisotopic (exact) mass is 248 g/mol. The van der Waals surface area contributed by atoms with Gasteiger partial charge in [-0.3, -0.25) is 0 Å². The van der Waals surface area contributed by atoms with E-state index in [9.17, 15) is 0 Å². The van der Waals surface area contributed by atoms with Gasteiger partial charge < -0.3 is 14.5 Å². The summed E-state index contributed by atoms with van der Waals surface area (Å²) in [5, 5.41) is 0. The van der Waals surface area contributed by atoms with Crippen molar-refractivity contribution in [1.82, 2.24) is 9.97 Å². The van der Waals surface area contributed by atoms with Crippen LogP contribution in [0.5, 0.6) is 11.5 Å². The maximum absolute atomic E-state index is 5.35. The van der Waals surface area contributed by atoms with Gasteiger partial charge >= 0.3 is 0 Å². The number of aromatic nitrogens is 2. The number of nitrogens with one attached hydrogen (secondary N) is 1. The molecule has 0 saturated heterocycles. The van der Waals surface area contributed by atoms with Crippen LogP contribution in [0.3, 0.4) is 0 Å². The molecule has 2 aromatic rings. The minimum Gasteiger partial charge on any atom is -0.454 e. The van der Waals surface area contributed by atoms with Gasteiger partial charge in [-0.2, -0.15) is 12.6 Å². The van der Waals surface area contributed by atoms with Crippen molar-refractivity contribution in [2.75, 3.05) is 12.5 Å². The predicted molar refractivity (Wildman–Crippen MR) is 67.7 cm³/mol. The van der Waals surface area contributed by atoms with Crippen molar-refractivity contribution < 1.29 is 9.47 Å². The Morgan fingerprint density at radius 1 is 1.29 bits per heavy atom. The lowest BCUT2D eigenvalue weighted by Crippen LogP contribution is -1.92. The van der Waals surface area contributed by atoms with Crippen molar-refractivity contribution in [1.29, 1.82) is 0 Å². The molecule has 0 amide bonds. The zero-order valence-corrected chi connectivity index (χ0v) is 10.0. The van der Waals surface area contributed by atoms with Gasteiger partial charge in [-0.05, 0) is 24.0 Å². The zero-order chi connectivity index (χ0) is 11.7. The van der Waals surface area contributed by atoms with Gasteiger partial charge in [0.25, 0.3) is 0 Å². The normalized spacial score (nSPS) is 13.0. The number of nitrogens with zero attached hydrogens (tertiary/aromatic N) is 1. The smallest absolute Gasteiger partial charge is 0.231 e. The molecule has 17 heavy (non-hydrogen) atoms. The summed E-state index contributed by atoms with van der Waals surface area (Å²) in [6.45, 7) is 0.298. The molecule has 1 aromatic carbocycles. The van der Waals surface area contributed by atoms with Crippen LogP contribution in [0.4, 0.5) is 0 Å². The third kappa shape index (κ3) is 1.98. The van der Waals surface area contributed by atoms with Crippen molar-refractivity contribution in [3.63, 3.8) is 0 Å². The highest BCUT2D eigenvalue weighted by Gasteiger charge is 2.14.